The van der Waals surface area contributed by atoms with Gasteiger partial charge in [-0.2, -0.15) is 0 Å². The molecule has 3 aromatic carbocycles. The van der Waals surface area contributed by atoms with E-state index in [2.05, 4.69) is 21.2 Å². The van der Waals surface area contributed by atoms with Gasteiger partial charge in [-0.25, -0.2) is 4.79 Å². The lowest BCUT2D eigenvalue weighted by atomic mass is 10.1. The first-order valence-electron chi connectivity index (χ1n) is 8.98. The highest BCUT2D eigenvalue weighted by molar-refractivity contribution is 9.10. The number of ether oxygens (including phenoxy) is 2. The van der Waals surface area contributed by atoms with Crippen LogP contribution in [-0.2, 0) is 4.79 Å². The van der Waals surface area contributed by atoms with Gasteiger partial charge in [-0.05, 0) is 73.5 Å². The molecule has 0 aliphatic carbocycles. The molecule has 3 aromatic rings. The Kier molecular flexibility index (Phi) is 6.67. The van der Waals surface area contributed by atoms with E-state index in [1.165, 1.54) is 0 Å². The molecule has 0 heterocycles. The zero-order valence-electron chi connectivity index (χ0n) is 16.1. The predicted molar refractivity (Wildman–Crippen MR) is 116 cm³/mol. The maximum absolute atomic E-state index is 12.3. The Bertz CT molecular complexity index is 1030. The third kappa shape index (κ3) is 5.93. The maximum Gasteiger partial charge on any atom is 0.349 e. The van der Waals surface area contributed by atoms with Crippen molar-refractivity contribution in [2.24, 2.45) is 0 Å². The van der Waals surface area contributed by atoms with Crippen molar-refractivity contribution in [2.75, 3.05) is 11.9 Å². The quantitative estimate of drug-likeness (QED) is 0.406. The summed E-state index contributed by atoms with van der Waals surface area (Å²) in [7, 11) is 0. The molecule has 0 atom stereocenters. The first-order chi connectivity index (χ1) is 13.9. The monoisotopic (exact) mass is 453 g/mol. The number of benzene rings is 3. The van der Waals surface area contributed by atoms with Crippen LogP contribution in [-0.4, -0.2) is 18.5 Å². The van der Waals surface area contributed by atoms with Crippen LogP contribution in [0.3, 0.4) is 0 Å². The molecule has 0 radical (unpaired) electrons. The second kappa shape index (κ2) is 9.39. The zero-order chi connectivity index (χ0) is 20.8. The van der Waals surface area contributed by atoms with E-state index in [0.717, 1.165) is 15.6 Å². The minimum absolute atomic E-state index is 0.210. The Morgan fingerprint density at radius 3 is 2.38 bits per heavy atom. The number of esters is 1. The normalized spacial score (nSPS) is 10.3. The average Bonchev–Trinajstić information content (AvgIpc) is 2.69. The number of nitrogens with one attached hydrogen (secondary N) is 1. The second-order valence-electron chi connectivity index (χ2n) is 6.50. The molecule has 148 valence electrons. The number of hydrogen-bond acceptors (Lipinski definition) is 4. The van der Waals surface area contributed by atoms with Crippen LogP contribution in [0, 0.1) is 13.8 Å². The molecule has 0 aliphatic heterocycles. The van der Waals surface area contributed by atoms with Gasteiger partial charge in [-0.15, -0.1) is 0 Å². The summed E-state index contributed by atoms with van der Waals surface area (Å²) in [4.78, 5) is 24.4. The standard InChI is InChI=1S/C23H20BrNO4/c1-15-6-11-20(12-16(15)2)28-14-22(26)29-21-5-3-4-19(13-21)25-23(27)17-7-9-18(24)10-8-17/h3-13H,14H2,1-2H3,(H,25,27). The molecular formula is C23H20BrNO4. The van der Waals surface area contributed by atoms with Crippen LogP contribution >= 0.6 is 15.9 Å². The average molecular weight is 454 g/mol. The Morgan fingerprint density at radius 2 is 1.66 bits per heavy atom. The highest BCUT2D eigenvalue weighted by Crippen LogP contribution is 2.20. The third-order valence-electron chi connectivity index (χ3n) is 4.27. The molecule has 29 heavy (non-hydrogen) atoms. The lowest BCUT2D eigenvalue weighted by Crippen LogP contribution is -2.18. The summed E-state index contributed by atoms with van der Waals surface area (Å²) in [5.41, 5.74) is 3.29. The molecule has 0 saturated heterocycles. The molecule has 0 unspecified atom stereocenters. The van der Waals surface area contributed by atoms with Crippen molar-refractivity contribution < 1.29 is 19.1 Å². The van der Waals surface area contributed by atoms with Gasteiger partial charge in [-0.1, -0.05) is 28.1 Å². The van der Waals surface area contributed by atoms with Gasteiger partial charge in [0, 0.05) is 21.8 Å². The van der Waals surface area contributed by atoms with E-state index < -0.39 is 5.97 Å². The van der Waals surface area contributed by atoms with Crippen molar-refractivity contribution >= 4 is 33.5 Å². The predicted octanol–water partition coefficient (Wildman–Crippen LogP) is 5.30. The molecule has 0 spiro atoms. The van der Waals surface area contributed by atoms with E-state index in [0.29, 0.717) is 22.7 Å². The fourth-order valence-electron chi connectivity index (χ4n) is 2.55. The number of halogens is 1. The Labute approximate surface area is 177 Å². The van der Waals surface area contributed by atoms with E-state index in [1.54, 1.807) is 48.5 Å². The van der Waals surface area contributed by atoms with Gasteiger partial charge in [0.25, 0.3) is 5.91 Å². The van der Waals surface area contributed by atoms with E-state index in [9.17, 15) is 9.59 Å². The minimum Gasteiger partial charge on any atom is -0.482 e. The number of amides is 1. The highest BCUT2D eigenvalue weighted by atomic mass is 79.9. The molecule has 0 bridgehead atoms. The zero-order valence-corrected chi connectivity index (χ0v) is 17.7. The van der Waals surface area contributed by atoms with Crippen molar-refractivity contribution in [1.82, 2.24) is 0 Å². The van der Waals surface area contributed by atoms with Crippen LogP contribution in [0.15, 0.2) is 71.2 Å². The Balaban J connectivity index is 1.57. The molecule has 0 fully saturated rings. The van der Waals surface area contributed by atoms with E-state index in [4.69, 9.17) is 9.47 Å². The minimum atomic E-state index is -0.528. The van der Waals surface area contributed by atoms with Gasteiger partial charge in [0.2, 0.25) is 0 Å². The summed E-state index contributed by atoms with van der Waals surface area (Å²) in [5.74, 6) is 0.159. The van der Waals surface area contributed by atoms with Crippen LogP contribution in [0.25, 0.3) is 0 Å². The van der Waals surface area contributed by atoms with Crippen LogP contribution in [0.4, 0.5) is 5.69 Å². The summed E-state index contributed by atoms with van der Waals surface area (Å²) >= 11 is 3.34. The van der Waals surface area contributed by atoms with Gasteiger partial charge < -0.3 is 14.8 Å². The Morgan fingerprint density at radius 1 is 0.897 bits per heavy atom. The second-order valence-corrected chi connectivity index (χ2v) is 7.41. The smallest absolute Gasteiger partial charge is 0.349 e. The van der Waals surface area contributed by atoms with Crippen LogP contribution < -0.4 is 14.8 Å². The van der Waals surface area contributed by atoms with E-state index in [1.807, 2.05) is 32.0 Å². The largest absolute Gasteiger partial charge is 0.482 e. The summed E-state index contributed by atoms with van der Waals surface area (Å²) < 4.78 is 11.7. The van der Waals surface area contributed by atoms with Crippen LogP contribution in [0.2, 0.25) is 0 Å². The van der Waals surface area contributed by atoms with Crippen molar-refractivity contribution in [1.29, 1.82) is 0 Å². The number of rotatable bonds is 6. The fourth-order valence-corrected chi connectivity index (χ4v) is 2.81. The Hall–Kier alpha value is -3.12. The summed E-state index contributed by atoms with van der Waals surface area (Å²) in [6.07, 6.45) is 0. The molecule has 6 heteroatoms. The highest BCUT2D eigenvalue weighted by Gasteiger charge is 2.10. The van der Waals surface area contributed by atoms with Crippen molar-refractivity contribution in [3.05, 3.63) is 87.9 Å². The molecule has 5 nitrogen and oxygen atoms in total. The van der Waals surface area contributed by atoms with Gasteiger partial charge in [-0.3, -0.25) is 4.79 Å². The number of carbonyl (C=O) groups excluding carboxylic acids is 2. The van der Waals surface area contributed by atoms with Crippen molar-refractivity contribution in [3.63, 3.8) is 0 Å². The first-order valence-corrected chi connectivity index (χ1v) is 9.78. The number of aryl methyl sites for hydroxylation is 2. The maximum atomic E-state index is 12.3. The van der Waals surface area contributed by atoms with Gasteiger partial charge in [0.05, 0.1) is 0 Å². The molecule has 0 aromatic heterocycles. The lowest BCUT2D eigenvalue weighted by molar-refractivity contribution is -0.136. The third-order valence-corrected chi connectivity index (χ3v) is 4.79. The van der Waals surface area contributed by atoms with Gasteiger partial charge in [0.15, 0.2) is 6.61 Å². The summed E-state index contributed by atoms with van der Waals surface area (Å²) in [6, 6.07) is 19.3. The van der Waals surface area contributed by atoms with Crippen LogP contribution in [0.1, 0.15) is 21.5 Å². The van der Waals surface area contributed by atoms with E-state index >= 15 is 0 Å². The fraction of sp³-hybridized carbons (Fsp3) is 0.130. The topological polar surface area (TPSA) is 64.6 Å². The van der Waals surface area contributed by atoms with Gasteiger partial charge in [0.1, 0.15) is 11.5 Å². The molecule has 3 rings (SSSR count). The molecule has 0 aliphatic rings. The number of carbonyl (C=O) groups is 2. The lowest BCUT2D eigenvalue weighted by Gasteiger charge is -2.10. The molecule has 0 saturated carbocycles. The molecule has 1 amide bonds. The summed E-state index contributed by atoms with van der Waals surface area (Å²) in [6.45, 7) is 3.78. The SMILES string of the molecule is Cc1ccc(OCC(=O)Oc2cccc(NC(=O)c3ccc(Br)cc3)c2)cc1C. The molecular weight excluding hydrogens is 434 g/mol. The molecule has 1 N–H and O–H groups in total. The van der Waals surface area contributed by atoms with Crippen molar-refractivity contribution in [3.8, 4) is 11.5 Å². The number of hydrogen-bond donors (Lipinski definition) is 1. The number of anilines is 1. The van der Waals surface area contributed by atoms with Crippen LogP contribution in [0.5, 0.6) is 11.5 Å². The first kappa shape index (κ1) is 20.6. The van der Waals surface area contributed by atoms with Crippen molar-refractivity contribution in [2.45, 2.75) is 13.8 Å². The summed E-state index contributed by atoms with van der Waals surface area (Å²) in [5, 5.41) is 2.78. The van der Waals surface area contributed by atoms with E-state index in [-0.39, 0.29) is 12.5 Å². The van der Waals surface area contributed by atoms with Gasteiger partial charge >= 0.3 is 5.97 Å².